The molecular formula is C9H6F2N2O4S. The molecule has 0 saturated carbocycles. The SMILES string of the molecule is COC(=O)C1=NNc2cc(F)c(F)cc2S1(=O)=O. The Balaban J connectivity index is 2.65. The highest BCUT2D eigenvalue weighted by molar-refractivity contribution is 8.08. The van der Waals surface area contributed by atoms with Crippen molar-refractivity contribution < 1.29 is 26.7 Å². The first-order valence-electron chi connectivity index (χ1n) is 4.54. The summed E-state index contributed by atoms with van der Waals surface area (Å²) in [7, 11) is -3.35. The Hall–Kier alpha value is -2.03. The van der Waals surface area contributed by atoms with Gasteiger partial charge in [-0.2, -0.15) is 5.10 Å². The maximum absolute atomic E-state index is 13.0. The van der Waals surface area contributed by atoms with Gasteiger partial charge in [0.1, 0.15) is 4.90 Å². The Morgan fingerprint density at radius 2 is 1.94 bits per heavy atom. The molecule has 18 heavy (non-hydrogen) atoms. The Labute approximate surface area is 100 Å². The van der Waals surface area contributed by atoms with Crippen molar-refractivity contribution in [3.8, 4) is 0 Å². The Morgan fingerprint density at radius 3 is 2.56 bits per heavy atom. The molecule has 6 nitrogen and oxygen atoms in total. The van der Waals surface area contributed by atoms with E-state index in [9.17, 15) is 22.0 Å². The van der Waals surface area contributed by atoms with Gasteiger partial charge >= 0.3 is 5.97 Å². The summed E-state index contributed by atoms with van der Waals surface area (Å²) in [5, 5.41) is 2.37. The van der Waals surface area contributed by atoms with Crippen molar-refractivity contribution in [1.29, 1.82) is 0 Å². The van der Waals surface area contributed by atoms with Gasteiger partial charge in [-0.15, -0.1) is 0 Å². The smallest absolute Gasteiger partial charge is 0.370 e. The molecule has 1 heterocycles. The lowest BCUT2D eigenvalue weighted by Crippen LogP contribution is -2.30. The quantitative estimate of drug-likeness (QED) is 0.601. The van der Waals surface area contributed by atoms with E-state index in [2.05, 4.69) is 15.3 Å². The molecular weight excluding hydrogens is 270 g/mol. The first-order valence-corrected chi connectivity index (χ1v) is 6.02. The zero-order valence-corrected chi connectivity index (χ0v) is 9.72. The highest BCUT2D eigenvalue weighted by atomic mass is 32.2. The van der Waals surface area contributed by atoms with Crippen molar-refractivity contribution in [3.63, 3.8) is 0 Å². The number of esters is 1. The van der Waals surface area contributed by atoms with E-state index in [1.54, 1.807) is 0 Å². The molecule has 1 aromatic carbocycles. The fraction of sp³-hybridized carbons (Fsp3) is 0.111. The highest BCUT2D eigenvalue weighted by Gasteiger charge is 2.36. The third kappa shape index (κ3) is 1.72. The third-order valence-electron chi connectivity index (χ3n) is 2.20. The van der Waals surface area contributed by atoms with E-state index in [1.807, 2.05) is 0 Å². The summed E-state index contributed by atoms with van der Waals surface area (Å²) >= 11 is 0. The fourth-order valence-corrected chi connectivity index (χ4v) is 2.69. The number of hydrogen-bond acceptors (Lipinski definition) is 6. The van der Waals surface area contributed by atoms with Gasteiger partial charge < -0.3 is 4.74 Å². The number of nitrogens with zero attached hydrogens (tertiary/aromatic N) is 1. The number of methoxy groups -OCH3 is 1. The molecule has 0 radical (unpaired) electrons. The summed E-state index contributed by atoms with van der Waals surface area (Å²) in [6.07, 6.45) is 0. The lowest BCUT2D eigenvalue weighted by molar-refractivity contribution is -0.132. The number of nitrogens with one attached hydrogen (secondary N) is 1. The number of rotatable bonds is 1. The summed E-state index contributed by atoms with van der Waals surface area (Å²) < 4.78 is 54.0. The van der Waals surface area contributed by atoms with Crippen LogP contribution in [-0.4, -0.2) is 26.5 Å². The molecule has 0 aliphatic carbocycles. The van der Waals surface area contributed by atoms with E-state index in [-0.39, 0.29) is 5.69 Å². The third-order valence-corrected chi connectivity index (χ3v) is 3.89. The average molecular weight is 276 g/mol. The molecule has 2 rings (SSSR count). The van der Waals surface area contributed by atoms with E-state index >= 15 is 0 Å². The summed E-state index contributed by atoms with van der Waals surface area (Å²) in [4.78, 5) is 10.6. The maximum atomic E-state index is 13.0. The average Bonchev–Trinajstić information content (AvgIpc) is 2.31. The standard InChI is InChI=1S/C9H6F2N2O4S/c1-17-9(14)8-13-12-6-2-4(10)5(11)3-7(6)18(8,15)16/h2-3,12H,1H3. The molecule has 9 heteroatoms. The van der Waals surface area contributed by atoms with Crippen LogP contribution >= 0.6 is 0 Å². The predicted molar refractivity (Wildman–Crippen MR) is 56.6 cm³/mol. The van der Waals surface area contributed by atoms with Gasteiger partial charge in [-0.3, -0.25) is 5.43 Å². The number of sulfone groups is 1. The van der Waals surface area contributed by atoms with Crippen molar-refractivity contribution in [2.45, 2.75) is 4.90 Å². The largest absolute Gasteiger partial charge is 0.464 e. The number of benzene rings is 1. The van der Waals surface area contributed by atoms with Crippen molar-refractivity contribution in [1.82, 2.24) is 0 Å². The number of ether oxygens (including phenoxy) is 1. The molecule has 0 saturated heterocycles. The lowest BCUT2D eigenvalue weighted by Gasteiger charge is -2.16. The van der Waals surface area contributed by atoms with E-state index < -0.39 is 37.4 Å². The molecule has 0 unspecified atom stereocenters. The highest BCUT2D eigenvalue weighted by Crippen LogP contribution is 2.29. The second-order valence-corrected chi connectivity index (χ2v) is 5.12. The zero-order chi connectivity index (χ0) is 13.5. The minimum Gasteiger partial charge on any atom is -0.464 e. The van der Waals surface area contributed by atoms with Crippen molar-refractivity contribution in [3.05, 3.63) is 23.8 Å². The minimum absolute atomic E-state index is 0.249. The number of hydrazone groups is 1. The molecule has 0 amide bonds. The predicted octanol–water partition coefficient (Wildman–Crippen LogP) is 0.651. The summed E-state index contributed by atoms with van der Waals surface area (Å²) in [5.41, 5.74) is 1.90. The van der Waals surface area contributed by atoms with E-state index in [0.717, 1.165) is 7.11 Å². The normalized spacial score (nSPS) is 16.3. The number of anilines is 1. The molecule has 0 spiro atoms. The fourth-order valence-electron chi connectivity index (χ4n) is 1.36. The van der Waals surface area contributed by atoms with Crippen LogP contribution in [-0.2, 0) is 19.4 Å². The molecule has 1 aliphatic rings. The van der Waals surface area contributed by atoms with Gasteiger partial charge in [0.15, 0.2) is 11.6 Å². The number of halogens is 2. The van der Waals surface area contributed by atoms with Crippen LogP contribution in [0.2, 0.25) is 0 Å². The van der Waals surface area contributed by atoms with Gasteiger partial charge in [0.2, 0.25) is 9.84 Å². The van der Waals surface area contributed by atoms with E-state index in [0.29, 0.717) is 12.1 Å². The van der Waals surface area contributed by atoms with Crippen LogP contribution in [0.1, 0.15) is 0 Å². The molecule has 96 valence electrons. The van der Waals surface area contributed by atoms with E-state index in [1.165, 1.54) is 0 Å². The molecule has 1 N–H and O–H groups in total. The number of hydrogen-bond donors (Lipinski definition) is 1. The zero-order valence-electron chi connectivity index (χ0n) is 8.90. The Kier molecular flexibility index (Phi) is 2.77. The summed E-state index contributed by atoms with van der Waals surface area (Å²) in [6.45, 7) is 0. The van der Waals surface area contributed by atoms with E-state index in [4.69, 9.17) is 0 Å². The van der Waals surface area contributed by atoms with Crippen molar-refractivity contribution in [2.75, 3.05) is 12.5 Å². The molecule has 0 bridgehead atoms. The Bertz CT molecular complexity index is 669. The molecule has 0 fully saturated rings. The van der Waals surface area contributed by atoms with Gasteiger partial charge in [-0.1, -0.05) is 0 Å². The van der Waals surface area contributed by atoms with Gasteiger partial charge in [0, 0.05) is 6.07 Å². The van der Waals surface area contributed by atoms with Crippen molar-refractivity contribution >= 4 is 26.5 Å². The van der Waals surface area contributed by atoms with Crippen LogP contribution in [0.5, 0.6) is 0 Å². The number of carbonyl (C=O) groups excluding carboxylic acids is 1. The molecule has 0 atom stereocenters. The van der Waals surface area contributed by atoms with Gasteiger partial charge in [0.25, 0.3) is 5.04 Å². The first kappa shape index (κ1) is 12.4. The van der Waals surface area contributed by atoms with Crippen LogP contribution in [0.3, 0.4) is 0 Å². The van der Waals surface area contributed by atoms with Crippen molar-refractivity contribution in [2.24, 2.45) is 5.10 Å². The maximum Gasteiger partial charge on any atom is 0.370 e. The second kappa shape index (κ2) is 4.02. The lowest BCUT2D eigenvalue weighted by atomic mass is 10.3. The molecule has 0 aromatic heterocycles. The number of carbonyl (C=O) groups is 1. The topological polar surface area (TPSA) is 84.8 Å². The van der Waals surface area contributed by atoms with Crippen LogP contribution in [0, 0.1) is 11.6 Å². The van der Waals surface area contributed by atoms with Gasteiger partial charge in [-0.05, 0) is 6.07 Å². The van der Waals surface area contributed by atoms with Gasteiger partial charge in [-0.25, -0.2) is 22.0 Å². The van der Waals surface area contributed by atoms with Gasteiger partial charge in [0.05, 0.1) is 12.8 Å². The first-order chi connectivity index (χ1) is 8.37. The summed E-state index contributed by atoms with van der Waals surface area (Å²) in [5.74, 6) is -3.77. The Morgan fingerprint density at radius 1 is 1.33 bits per heavy atom. The van der Waals surface area contributed by atoms with Crippen LogP contribution in [0.15, 0.2) is 22.1 Å². The molecule has 1 aliphatic heterocycles. The molecule has 1 aromatic rings. The number of fused-ring (bicyclic) bond motifs is 1. The summed E-state index contributed by atoms with van der Waals surface area (Å²) in [6, 6.07) is 1.12. The van der Waals surface area contributed by atoms with Crippen LogP contribution in [0.25, 0.3) is 0 Å². The minimum atomic E-state index is -4.33. The second-order valence-electron chi connectivity index (χ2n) is 3.29. The monoisotopic (exact) mass is 276 g/mol. The van der Waals surface area contributed by atoms with Crippen LogP contribution < -0.4 is 5.43 Å². The van der Waals surface area contributed by atoms with Crippen LogP contribution in [0.4, 0.5) is 14.5 Å².